The second-order valence-electron chi connectivity index (χ2n) is 1.70. The molecule has 0 aliphatic carbocycles. The summed E-state index contributed by atoms with van der Waals surface area (Å²) in [7, 11) is 0. The van der Waals surface area contributed by atoms with Gasteiger partial charge in [-0.3, -0.25) is 0 Å². The van der Waals surface area contributed by atoms with E-state index in [0.717, 1.165) is 31.0 Å². The van der Waals surface area contributed by atoms with E-state index in [1.54, 1.807) is 0 Å². The summed E-state index contributed by atoms with van der Waals surface area (Å²) >= 11 is 0.720. The molecule has 0 spiro atoms. The van der Waals surface area contributed by atoms with Crippen LogP contribution in [0.2, 0.25) is 2.73 Å². The van der Waals surface area contributed by atoms with E-state index in [9.17, 15) is 9.59 Å². The van der Waals surface area contributed by atoms with Gasteiger partial charge in [0.15, 0.2) is 0 Å². The normalized spacial score (nSPS) is 9.25. The molecule has 2 nitrogen and oxygen atoms in total. The first kappa shape index (κ1) is 8.44. The predicted octanol–water partition coefficient (Wildman–Crippen LogP) is 0.500. The molecule has 0 aliphatic heterocycles. The van der Waals surface area contributed by atoms with E-state index >= 15 is 0 Å². The van der Waals surface area contributed by atoms with Gasteiger partial charge in [0.25, 0.3) is 0 Å². The third-order valence-corrected chi connectivity index (χ3v) is 3.18. The summed E-state index contributed by atoms with van der Waals surface area (Å²) in [5.41, 5.74) is 0. The summed E-state index contributed by atoms with van der Waals surface area (Å²) in [6.07, 6.45) is 0. The Bertz CT molecular complexity index is 106. The first-order valence-corrected chi connectivity index (χ1v) is 3.96. The molecule has 0 rings (SSSR count). The third-order valence-electron chi connectivity index (χ3n) is 0.876. The van der Waals surface area contributed by atoms with Crippen LogP contribution >= 0.6 is 0 Å². The molecule has 0 unspecified atom stereocenters. The van der Waals surface area contributed by atoms with Crippen molar-refractivity contribution in [2.75, 3.05) is 0 Å². The van der Waals surface area contributed by atoms with Gasteiger partial charge in [-0.25, -0.2) is 0 Å². The molecule has 8 heavy (non-hydrogen) atoms. The Labute approximate surface area is 68.5 Å². The van der Waals surface area contributed by atoms with Gasteiger partial charge in [0, 0.05) is 0 Å². The second kappa shape index (κ2) is 3.47. The fraction of sp³-hybridized carbons (Fsp3) is 0.600. The van der Waals surface area contributed by atoms with Crippen molar-refractivity contribution in [1.82, 2.24) is 0 Å². The molecule has 0 fully saturated rings. The molecule has 0 atom stereocenters. The Balaban J connectivity index is 3.83. The molecular weight excluding hydrogens is 181 g/mol. The number of Topliss-reactive ketones (excluding diaryl/α,β-unsaturated/α-hetero) is 2. The van der Waals surface area contributed by atoms with Gasteiger partial charge >= 0.3 is 68.7 Å². The van der Waals surface area contributed by atoms with E-state index in [2.05, 4.69) is 0 Å². The Hall–Kier alpha value is 0.444. The molecule has 0 radical (unpaired) electrons. The van der Waals surface area contributed by atoms with Gasteiger partial charge in [0.1, 0.15) is 0 Å². The Morgan fingerprint density at radius 2 is 1.50 bits per heavy atom. The van der Waals surface area contributed by atoms with E-state index < -0.39 is 0 Å². The molecule has 0 saturated carbocycles. The maximum atomic E-state index is 10.4. The average molecular weight is 188 g/mol. The molecule has 3 heteroatoms. The molecular formula is C5H7O2Y. The van der Waals surface area contributed by atoms with Crippen LogP contribution in [0.15, 0.2) is 0 Å². The Morgan fingerprint density at radius 3 is 1.50 bits per heavy atom. The van der Waals surface area contributed by atoms with Gasteiger partial charge in [-0.05, 0) is 0 Å². The standard InChI is InChI=1S/C5H7O2.Y/c1-4(6)3-5(2)7;/h3H,1-2H3;. The van der Waals surface area contributed by atoms with Crippen LogP contribution in [0, 0.1) is 0 Å². The molecule has 0 aromatic carbocycles. The zero-order chi connectivity index (χ0) is 6.73. The first-order valence-electron chi connectivity index (χ1n) is 2.32. The summed E-state index contributed by atoms with van der Waals surface area (Å²) in [6.45, 7) is 2.91. The minimum atomic E-state index is -0.277. The average Bonchev–Trinajstić information content (AvgIpc) is 1.64. The first-order chi connectivity index (χ1) is 3.55. The number of carbonyl (C=O) groups excluding carboxylic acids is 2. The second-order valence-corrected chi connectivity index (χ2v) is 3.34. The number of rotatable bonds is 2. The number of hydrogen-bond donors (Lipinski definition) is 0. The van der Waals surface area contributed by atoms with Gasteiger partial charge in [0.05, 0.1) is 0 Å². The fourth-order valence-electron chi connectivity index (χ4n) is 0.286. The summed E-state index contributed by atoms with van der Waals surface area (Å²) in [5, 5.41) is 0. The van der Waals surface area contributed by atoms with Crippen LogP contribution in [0.25, 0.3) is 0 Å². The summed E-state index contributed by atoms with van der Waals surface area (Å²) in [5.74, 6) is -0.000185. The number of ketones is 2. The van der Waals surface area contributed by atoms with Crippen LogP contribution in [0.1, 0.15) is 13.8 Å². The maximum absolute atomic E-state index is 10.4. The molecule has 0 aromatic rings. The third kappa shape index (κ3) is 2.68. The van der Waals surface area contributed by atoms with Crippen LogP contribution in [0.5, 0.6) is 0 Å². The van der Waals surface area contributed by atoms with Crippen molar-refractivity contribution in [3.8, 4) is 0 Å². The van der Waals surface area contributed by atoms with E-state index in [-0.39, 0.29) is 14.3 Å². The van der Waals surface area contributed by atoms with E-state index in [1.807, 2.05) is 0 Å². The zero-order valence-corrected chi connectivity index (χ0v) is 7.81. The van der Waals surface area contributed by atoms with Crippen molar-refractivity contribution in [3.63, 3.8) is 0 Å². The zero-order valence-electron chi connectivity index (χ0n) is 4.97. The summed E-state index contributed by atoms with van der Waals surface area (Å²) in [6, 6.07) is 0. The SMILES string of the molecule is CC(=O)[CH]([Y])C(C)=O. The van der Waals surface area contributed by atoms with E-state index in [0.29, 0.717) is 0 Å². The van der Waals surface area contributed by atoms with Crippen LogP contribution in [0.3, 0.4) is 0 Å². The molecule has 0 amide bonds. The monoisotopic (exact) mass is 188 g/mol. The van der Waals surface area contributed by atoms with Gasteiger partial charge in [-0.1, -0.05) is 0 Å². The molecule has 0 bridgehead atoms. The van der Waals surface area contributed by atoms with E-state index in [4.69, 9.17) is 0 Å². The van der Waals surface area contributed by atoms with Crippen molar-refractivity contribution in [1.29, 1.82) is 0 Å². The summed E-state index contributed by atoms with van der Waals surface area (Å²) in [4.78, 5) is 20.8. The topological polar surface area (TPSA) is 34.1 Å². The van der Waals surface area contributed by atoms with Gasteiger partial charge in [-0.2, -0.15) is 0 Å². The Morgan fingerprint density at radius 1 is 1.25 bits per heavy atom. The van der Waals surface area contributed by atoms with Gasteiger partial charge in [0.2, 0.25) is 0 Å². The molecule has 0 N–H and O–H groups in total. The molecule has 0 saturated heterocycles. The molecule has 0 heterocycles. The van der Waals surface area contributed by atoms with Crippen molar-refractivity contribution < 1.29 is 40.5 Å². The minimum absolute atomic E-state index is 0.0000926. The van der Waals surface area contributed by atoms with Crippen molar-refractivity contribution in [3.05, 3.63) is 0 Å². The molecule has 0 aromatic heterocycles. The predicted molar refractivity (Wildman–Crippen MR) is 25.1 cm³/mol. The molecule has 0 aliphatic rings. The fourth-order valence-corrected chi connectivity index (χ4v) is 0.286. The van der Waals surface area contributed by atoms with E-state index in [1.165, 1.54) is 13.8 Å². The number of carbonyl (C=O) groups is 2. The van der Waals surface area contributed by atoms with Crippen LogP contribution < -0.4 is 0 Å². The van der Waals surface area contributed by atoms with Crippen molar-refractivity contribution >= 4 is 11.6 Å². The van der Waals surface area contributed by atoms with Crippen LogP contribution in [0.4, 0.5) is 0 Å². The van der Waals surface area contributed by atoms with Gasteiger partial charge in [-0.15, -0.1) is 0 Å². The Kier molecular flexibility index (Phi) is 3.66. The number of hydrogen-bond acceptors (Lipinski definition) is 2. The quantitative estimate of drug-likeness (QED) is 0.591. The van der Waals surface area contributed by atoms with Crippen LogP contribution in [-0.2, 0) is 40.5 Å². The summed E-state index contributed by atoms with van der Waals surface area (Å²) < 4.78 is -0.277. The van der Waals surface area contributed by atoms with Crippen molar-refractivity contribution in [2.24, 2.45) is 0 Å². The van der Waals surface area contributed by atoms with Crippen molar-refractivity contribution in [2.45, 2.75) is 16.6 Å². The van der Waals surface area contributed by atoms with Crippen LogP contribution in [-0.4, -0.2) is 11.6 Å². The molecule has 42 valence electrons. The van der Waals surface area contributed by atoms with Gasteiger partial charge < -0.3 is 0 Å².